The number of rotatable bonds is 2. The quantitative estimate of drug-likeness (QED) is 0.910. The first kappa shape index (κ1) is 15.8. The summed E-state index contributed by atoms with van der Waals surface area (Å²) in [5.41, 5.74) is 1.15. The molecule has 5 heteroatoms. The van der Waals surface area contributed by atoms with Gasteiger partial charge in [0.15, 0.2) is 0 Å². The van der Waals surface area contributed by atoms with Crippen molar-refractivity contribution in [2.75, 3.05) is 19.6 Å². The zero-order chi connectivity index (χ0) is 14.2. The number of pyridine rings is 1. The second kappa shape index (κ2) is 6.55. The van der Waals surface area contributed by atoms with Gasteiger partial charge in [0.1, 0.15) is 0 Å². The summed E-state index contributed by atoms with van der Waals surface area (Å²) < 4.78 is 0. The molecule has 22 heavy (non-hydrogen) atoms. The van der Waals surface area contributed by atoms with E-state index in [9.17, 15) is 4.79 Å². The Bertz CT molecular complexity index is 512. The molecule has 1 N–H and O–H groups in total. The van der Waals surface area contributed by atoms with E-state index in [1.165, 1.54) is 25.7 Å². The van der Waals surface area contributed by atoms with Gasteiger partial charge in [-0.15, -0.1) is 12.4 Å². The number of fused-ring (bicyclic) bond motifs is 1. The molecule has 4 nitrogen and oxygen atoms in total. The molecule has 0 bridgehead atoms. The van der Waals surface area contributed by atoms with E-state index in [2.05, 4.69) is 21.3 Å². The highest BCUT2D eigenvalue weighted by molar-refractivity contribution is 5.85. The van der Waals surface area contributed by atoms with Gasteiger partial charge in [0.25, 0.3) is 0 Å². The van der Waals surface area contributed by atoms with Crippen LogP contribution < -0.4 is 5.32 Å². The Kier molecular flexibility index (Phi) is 4.69. The number of piperazine rings is 1. The van der Waals surface area contributed by atoms with Crippen molar-refractivity contribution in [2.24, 2.45) is 17.8 Å². The third-order valence-electron chi connectivity index (χ3n) is 5.54. The molecule has 3 aliphatic rings. The molecule has 4 rings (SSSR count). The SMILES string of the molecule is Cl.O=C(C1C2CCCCC21)N1CCNCC1c1cccnc1. The molecule has 3 unspecified atom stereocenters. The molecule has 0 aromatic carbocycles. The van der Waals surface area contributed by atoms with Crippen LogP contribution in [-0.4, -0.2) is 35.4 Å². The monoisotopic (exact) mass is 321 g/mol. The van der Waals surface area contributed by atoms with Gasteiger partial charge in [0.2, 0.25) is 5.91 Å². The summed E-state index contributed by atoms with van der Waals surface area (Å²) >= 11 is 0. The van der Waals surface area contributed by atoms with Crippen molar-refractivity contribution >= 4 is 18.3 Å². The lowest BCUT2D eigenvalue weighted by molar-refractivity contribution is -0.136. The molecule has 3 atom stereocenters. The highest BCUT2D eigenvalue weighted by Gasteiger charge is 2.56. The average Bonchev–Trinajstić information content (AvgIpc) is 3.29. The second-order valence-corrected chi connectivity index (χ2v) is 6.68. The van der Waals surface area contributed by atoms with E-state index in [1.54, 1.807) is 6.20 Å². The standard InChI is InChI=1S/C17H23N3O.ClH/c21-17(16-13-5-1-2-6-14(13)16)20-9-8-19-11-15(20)12-4-3-7-18-10-12;/h3-4,7,10,13-16,19H,1-2,5-6,8-9,11H2;1H. The molecule has 120 valence electrons. The number of aromatic nitrogens is 1. The second-order valence-electron chi connectivity index (χ2n) is 6.68. The maximum absolute atomic E-state index is 13.0. The minimum Gasteiger partial charge on any atom is -0.333 e. The topological polar surface area (TPSA) is 45.2 Å². The van der Waals surface area contributed by atoms with Crippen molar-refractivity contribution in [1.82, 2.24) is 15.2 Å². The molecule has 1 saturated heterocycles. The van der Waals surface area contributed by atoms with Crippen LogP contribution in [0.25, 0.3) is 0 Å². The molecule has 1 aliphatic heterocycles. The van der Waals surface area contributed by atoms with Crippen LogP contribution >= 0.6 is 12.4 Å². The zero-order valence-corrected chi connectivity index (χ0v) is 13.6. The number of carbonyl (C=O) groups excluding carboxylic acids is 1. The molecular weight excluding hydrogens is 298 g/mol. The van der Waals surface area contributed by atoms with Crippen LogP contribution in [0.5, 0.6) is 0 Å². The van der Waals surface area contributed by atoms with E-state index in [0.717, 1.165) is 25.2 Å². The van der Waals surface area contributed by atoms with Gasteiger partial charge in [0, 0.05) is 37.9 Å². The summed E-state index contributed by atoms with van der Waals surface area (Å²) in [5.74, 6) is 2.11. The predicted molar refractivity (Wildman–Crippen MR) is 87.7 cm³/mol. The molecule has 1 amide bonds. The molecule has 2 saturated carbocycles. The van der Waals surface area contributed by atoms with Crippen LogP contribution in [0.3, 0.4) is 0 Å². The van der Waals surface area contributed by atoms with Gasteiger partial charge in [-0.25, -0.2) is 0 Å². The van der Waals surface area contributed by atoms with E-state index in [4.69, 9.17) is 0 Å². The lowest BCUT2D eigenvalue weighted by atomic mass is 10.0. The first-order valence-corrected chi connectivity index (χ1v) is 8.27. The lowest BCUT2D eigenvalue weighted by Crippen LogP contribution is -2.49. The summed E-state index contributed by atoms with van der Waals surface area (Å²) in [4.78, 5) is 19.3. The fourth-order valence-corrected chi connectivity index (χ4v) is 4.39. The molecule has 1 aromatic heterocycles. The summed E-state index contributed by atoms with van der Waals surface area (Å²) in [5, 5.41) is 3.42. The van der Waals surface area contributed by atoms with Crippen LogP contribution in [-0.2, 0) is 4.79 Å². The third-order valence-corrected chi connectivity index (χ3v) is 5.54. The molecule has 3 fully saturated rings. The van der Waals surface area contributed by atoms with E-state index in [0.29, 0.717) is 23.7 Å². The Morgan fingerprint density at radius 2 is 2.05 bits per heavy atom. The Labute approximate surface area is 138 Å². The minimum atomic E-state index is 0. The van der Waals surface area contributed by atoms with Gasteiger partial charge < -0.3 is 10.2 Å². The number of nitrogens with zero attached hydrogens (tertiary/aromatic N) is 2. The van der Waals surface area contributed by atoms with Gasteiger partial charge in [-0.3, -0.25) is 9.78 Å². The van der Waals surface area contributed by atoms with Crippen molar-refractivity contribution in [2.45, 2.75) is 31.7 Å². The lowest BCUT2D eigenvalue weighted by Gasteiger charge is -2.36. The van der Waals surface area contributed by atoms with E-state index >= 15 is 0 Å². The fraction of sp³-hybridized carbons (Fsp3) is 0.647. The molecule has 2 aliphatic carbocycles. The zero-order valence-electron chi connectivity index (χ0n) is 12.8. The predicted octanol–water partition coefficient (Wildman–Crippen LogP) is 2.41. The molecule has 1 aromatic rings. The van der Waals surface area contributed by atoms with Crippen LogP contribution in [0.4, 0.5) is 0 Å². The van der Waals surface area contributed by atoms with Crippen molar-refractivity contribution < 1.29 is 4.79 Å². The minimum absolute atomic E-state index is 0. The molecule has 2 heterocycles. The number of amides is 1. The van der Waals surface area contributed by atoms with Gasteiger partial charge in [0.05, 0.1) is 6.04 Å². The maximum Gasteiger partial charge on any atom is 0.226 e. The van der Waals surface area contributed by atoms with Crippen molar-refractivity contribution in [3.63, 3.8) is 0 Å². The Balaban J connectivity index is 0.00000144. The first-order chi connectivity index (χ1) is 10.4. The van der Waals surface area contributed by atoms with Crippen molar-refractivity contribution in [1.29, 1.82) is 0 Å². The number of hydrogen-bond acceptors (Lipinski definition) is 3. The van der Waals surface area contributed by atoms with E-state index in [1.807, 2.05) is 12.3 Å². The fourth-order valence-electron chi connectivity index (χ4n) is 4.39. The van der Waals surface area contributed by atoms with Gasteiger partial charge >= 0.3 is 0 Å². The maximum atomic E-state index is 13.0. The molecule has 0 radical (unpaired) electrons. The number of carbonyl (C=O) groups is 1. The third kappa shape index (κ3) is 2.74. The van der Waals surface area contributed by atoms with Crippen LogP contribution in [0, 0.1) is 17.8 Å². The van der Waals surface area contributed by atoms with Crippen molar-refractivity contribution in [3.05, 3.63) is 30.1 Å². The number of nitrogens with one attached hydrogen (secondary N) is 1. The Morgan fingerprint density at radius 3 is 2.73 bits per heavy atom. The van der Waals surface area contributed by atoms with Crippen molar-refractivity contribution in [3.8, 4) is 0 Å². The Morgan fingerprint density at radius 1 is 1.27 bits per heavy atom. The smallest absolute Gasteiger partial charge is 0.226 e. The number of hydrogen-bond donors (Lipinski definition) is 1. The Hall–Kier alpha value is -1.13. The summed E-state index contributed by atoms with van der Waals surface area (Å²) in [6.45, 7) is 2.58. The highest BCUT2D eigenvalue weighted by atomic mass is 35.5. The normalized spacial score (nSPS) is 33.5. The van der Waals surface area contributed by atoms with E-state index in [-0.39, 0.29) is 18.4 Å². The first-order valence-electron chi connectivity index (χ1n) is 8.27. The van der Waals surface area contributed by atoms with Crippen LogP contribution in [0.15, 0.2) is 24.5 Å². The molecule has 0 spiro atoms. The van der Waals surface area contributed by atoms with Crippen LogP contribution in [0.2, 0.25) is 0 Å². The summed E-state index contributed by atoms with van der Waals surface area (Å²) in [7, 11) is 0. The average molecular weight is 322 g/mol. The highest BCUT2D eigenvalue weighted by Crippen LogP contribution is 2.56. The summed E-state index contributed by atoms with van der Waals surface area (Å²) in [6.07, 6.45) is 8.87. The molecular formula is C17H24ClN3O. The largest absolute Gasteiger partial charge is 0.333 e. The van der Waals surface area contributed by atoms with E-state index < -0.39 is 0 Å². The number of halogens is 1. The van der Waals surface area contributed by atoms with Gasteiger partial charge in [-0.05, 0) is 36.3 Å². The van der Waals surface area contributed by atoms with Crippen LogP contribution in [0.1, 0.15) is 37.3 Å². The van der Waals surface area contributed by atoms with Gasteiger partial charge in [-0.2, -0.15) is 0 Å². The summed E-state index contributed by atoms with van der Waals surface area (Å²) in [6, 6.07) is 4.21. The van der Waals surface area contributed by atoms with Gasteiger partial charge in [-0.1, -0.05) is 18.9 Å².